The highest BCUT2D eigenvalue weighted by Crippen LogP contribution is 2.50. The second-order valence-electron chi connectivity index (χ2n) is 14.7. The SMILES string of the molecule is CC1(C)OC2C(COC(c3ccccc3)(c3ccccc3)c3ccccc3)=C(I)C(O[Si](c3ccccc3)(c3ccccc3)C(C)(C)C)C2O1. The maximum absolute atomic E-state index is 7.78. The Kier molecular flexibility index (Phi) is 9.80. The van der Waals surface area contributed by atoms with E-state index in [1.165, 1.54) is 10.4 Å². The maximum atomic E-state index is 7.78. The summed E-state index contributed by atoms with van der Waals surface area (Å²) < 4.78 is 29.8. The highest BCUT2D eigenvalue weighted by Gasteiger charge is 2.59. The fourth-order valence-electron chi connectivity index (χ4n) is 7.85. The minimum atomic E-state index is -2.92. The van der Waals surface area contributed by atoms with Gasteiger partial charge in [-0.3, -0.25) is 0 Å². The zero-order valence-corrected chi connectivity index (χ0v) is 32.5. The molecule has 0 radical (unpaired) electrons. The molecule has 4 nitrogen and oxygen atoms in total. The number of rotatable bonds is 10. The minimum Gasteiger partial charge on any atom is -0.397 e. The largest absolute Gasteiger partial charge is 0.397 e. The molecule has 50 heavy (non-hydrogen) atoms. The molecule has 3 atom stereocenters. The molecule has 0 N–H and O–H groups in total. The Labute approximate surface area is 311 Å². The Balaban J connectivity index is 1.36. The molecule has 1 fully saturated rings. The monoisotopic (exact) mass is 792 g/mol. The van der Waals surface area contributed by atoms with E-state index in [0.29, 0.717) is 6.61 Å². The molecule has 1 aliphatic carbocycles. The highest BCUT2D eigenvalue weighted by atomic mass is 127. The van der Waals surface area contributed by atoms with Gasteiger partial charge in [-0.1, -0.05) is 172 Å². The summed E-state index contributed by atoms with van der Waals surface area (Å²) in [4.78, 5) is 0. The van der Waals surface area contributed by atoms with Gasteiger partial charge in [-0.15, -0.1) is 0 Å². The van der Waals surface area contributed by atoms with Crippen LogP contribution < -0.4 is 10.4 Å². The van der Waals surface area contributed by atoms with Crippen LogP contribution in [0, 0.1) is 0 Å². The quantitative estimate of drug-likeness (QED) is 0.0804. The van der Waals surface area contributed by atoms with Crippen molar-refractivity contribution in [1.82, 2.24) is 0 Å². The van der Waals surface area contributed by atoms with Crippen LogP contribution in [0.25, 0.3) is 0 Å². The van der Waals surface area contributed by atoms with Gasteiger partial charge in [-0.05, 0) is 74.1 Å². The summed E-state index contributed by atoms with van der Waals surface area (Å²) >= 11 is 2.50. The Morgan fingerprint density at radius 3 is 1.42 bits per heavy atom. The molecule has 1 heterocycles. The zero-order valence-electron chi connectivity index (χ0n) is 29.4. The molecule has 6 heteroatoms. The first-order valence-corrected chi connectivity index (χ1v) is 20.4. The summed E-state index contributed by atoms with van der Waals surface area (Å²) in [6.45, 7) is 11.3. The number of benzene rings is 5. The Morgan fingerprint density at radius 2 is 1.02 bits per heavy atom. The van der Waals surface area contributed by atoms with Gasteiger partial charge < -0.3 is 18.6 Å². The summed E-state index contributed by atoms with van der Waals surface area (Å²) in [6.07, 6.45) is -0.983. The molecule has 5 aromatic rings. The molecule has 1 aliphatic heterocycles. The van der Waals surface area contributed by atoms with Crippen molar-refractivity contribution in [3.05, 3.63) is 178 Å². The number of hydrogen-bond donors (Lipinski definition) is 0. The number of hydrogen-bond acceptors (Lipinski definition) is 4. The molecule has 0 saturated carbocycles. The van der Waals surface area contributed by atoms with Crippen LogP contribution in [-0.4, -0.2) is 39.0 Å². The molecule has 256 valence electrons. The number of halogens is 1. The number of fused-ring (bicyclic) bond motifs is 1. The van der Waals surface area contributed by atoms with Crippen LogP contribution in [-0.2, 0) is 24.2 Å². The van der Waals surface area contributed by atoms with E-state index in [-0.39, 0.29) is 23.4 Å². The van der Waals surface area contributed by atoms with Crippen molar-refractivity contribution in [1.29, 1.82) is 0 Å². The van der Waals surface area contributed by atoms with Gasteiger partial charge in [0.25, 0.3) is 8.32 Å². The van der Waals surface area contributed by atoms with E-state index in [1.807, 2.05) is 13.8 Å². The summed E-state index contributed by atoms with van der Waals surface area (Å²) in [7, 11) is -2.92. The van der Waals surface area contributed by atoms with E-state index < -0.39 is 19.7 Å². The second-order valence-corrected chi connectivity index (χ2v) is 20.1. The lowest BCUT2D eigenvalue weighted by molar-refractivity contribution is -0.152. The molecule has 5 aromatic carbocycles. The van der Waals surface area contributed by atoms with Gasteiger partial charge in [0, 0.05) is 3.58 Å². The second kappa shape index (κ2) is 14.0. The first kappa shape index (κ1) is 35.0. The third-order valence-corrected chi connectivity index (χ3v) is 16.4. The summed E-state index contributed by atoms with van der Waals surface area (Å²) in [5.74, 6) is -0.777. The Hall–Kier alpha value is -3.37. The van der Waals surface area contributed by atoms with Crippen molar-refractivity contribution in [2.75, 3.05) is 6.61 Å². The van der Waals surface area contributed by atoms with Crippen LogP contribution in [0.15, 0.2) is 161 Å². The lowest BCUT2D eigenvalue weighted by Gasteiger charge is -2.45. The van der Waals surface area contributed by atoms with Crippen LogP contribution in [0.3, 0.4) is 0 Å². The van der Waals surface area contributed by atoms with Crippen molar-refractivity contribution in [3.63, 3.8) is 0 Å². The van der Waals surface area contributed by atoms with Gasteiger partial charge in [0.1, 0.15) is 23.9 Å². The summed E-state index contributed by atoms with van der Waals surface area (Å²) in [5.41, 5.74) is 3.39. The van der Waals surface area contributed by atoms with E-state index in [9.17, 15) is 0 Å². The lowest BCUT2D eigenvalue weighted by Crippen LogP contribution is -2.68. The summed E-state index contributed by atoms with van der Waals surface area (Å²) in [5, 5.41) is 2.27. The van der Waals surface area contributed by atoms with Crippen LogP contribution >= 0.6 is 22.6 Å². The predicted molar refractivity (Wildman–Crippen MR) is 213 cm³/mol. The average molecular weight is 793 g/mol. The van der Waals surface area contributed by atoms with Crippen molar-refractivity contribution in [2.24, 2.45) is 0 Å². The number of ether oxygens (including phenoxy) is 3. The fourth-order valence-corrected chi connectivity index (χ4v) is 13.7. The first-order chi connectivity index (χ1) is 24.1. The van der Waals surface area contributed by atoms with E-state index >= 15 is 0 Å². The van der Waals surface area contributed by atoms with Crippen molar-refractivity contribution < 1.29 is 18.6 Å². The molecule has 0 aromatic heterocycles. The average Bonchev–Trinajstić information content (AvgIpc) is 3.57. The molecule has 2 aliphatic rings. The topological polar surface area (TPSA) is 36.9 Å². The molecule has 0 bridgehead atoms. The lowest BCUT2D eigenvalue weighted by atomic mass is 9.80. The van der Waals surface area contributed by atoms with E-state index in [1.54, 1.807) is 0 Å². The van der Waals surface area contributed by atoms with Crippen molar-refractivity contribution >= 4 is 41.3 Å². The van der Waals surface area contributed by atoms with Crippen LogP contribution in [0.1, 0.15) is 51.3 Å². The normalized spacial score (nSPS) is 20.6. The van der Waals surface area contributed by atoms with E-state index in [0.717, 1.165) is 25.8 Å². The molecular weight excluding hydrogens is 747 g/mol. The van der Waals surface area contributed by atoms with E-state index in [4.69, 9.17) is 18.6 Å². The standard InChI is InChI=1S/C44H45IO4Si/c1-42(2,3)50(35-27-17-9-18-28-35,36-29-19-10-20-30-36)49-40-38(45)37(39-41(40)48-43(4,5)47-39)31-46-44(32-21-11-6-12-22-32,33-23-13-7-14-24-33)34-25-15-8-16-26-34/h6-30,39-41H,31H2,1-5H3. The Morgan fingerprint density at radius 1 is 0.620 bits per heavy atom. The smallest absolute Gasteiger partial charge is 0.262 e. The fraction of sp³-hybridized carbons (Fsp3) is 0.273. The predicted octanol–water partition coefficient (Wildman–Crippen LogP) is 9.16. The van der Waals surface area contributed by atoms with Crippen LogP contribution in [0.4, 0.5) is 0 Å². The van der Waals surface area contributed by atoms with Gasteiger partial charge in [-0.2, -0.15) is 0 Å². The Bertz CT molecular complexity index is 1770. The van der Waals surface area contributed by atoms with E-state index in [2.05, 4.69) is 195 Å². The molecule has 7 rings (SSSR count). The van der Waals surface area contributed by atoms with Crippen LogP contribution in [0.5, 0.6) is 0 Å². The van der Waals surface area contributed by atoms with Crippen molar-refractivity contribution in [2.45, 2.75) is 69.4 Å². The van der Waals surface area contributed by atoms with Gasteiger partial charge in [-0.25, -0.2) is 0 Å². The van der Waals surface area contributed by atoms with Gasteiger partial charge in [0.15, 0.2) is 5.79 Å². The first-order valence-electron chi connectivity index (χ1n) is 17.4. The molecule has 0 spiro atoms. The van der Waals surface area contributed by atoms with Gasteiger partial charge in [0.2, 0.25) is 0 Å². The highest BCUT2D eigenvalue weighted by molar-refractivity contribution is 14.1. The van der Waals surface area contributed by atoms with Crippen LogP contribution in [0.2, 0.25) is 5.04 Å². The maximum Gasteiger partial charge on any atom is 0.262 e. The minimum absolute atomic E-state index is 0.195. The van der Waals surface area contributed by atoms with Crippen molar-refractivity contribution in [3.8, 4) is 0 Å². The molecule has 0 amide bonds. The van der Waals surface area contributed by atoms with Gasteiger partial charge in [0.05, 0.1) is 6.61 Å². The third kappa shape index (κ3) is 6.24. The third-order valence-electron chi connectivity index (χ3n) is 10.0. The molecule has 1 saturated heterocycles. The van der Waals surface area contributed by atoms with Gasteiger partial charge >= 0.3 is 0 Å². The molecular formula is C44H45IO4Si. The molecule has 3 unspecified atom stereocenters. The summed E-state index contributed by atoms with van der Waals surface area (Å²) in [6, 6.07) is 53.2. The zero-order chi connectivity index (χ0) is 35.0.